The minimum atomic E-state index is -3.87. The van der Waals surface area contributed by atoms with Crippen LogP contribution in [0.4, 0.5) is 0 Å². The van der Waals surface area contributed by atoms with Gasteiger partial charge in [-0.2, -0.15) is 4.72 Å². The van der Waals surface area contributed by atoms with Crippen molar-refractivity contribution in [2.45, 2.75) is 13.0 Å². The third-order valence-corrected chi connectivity index (χ3v) is 5.09. The fourth-order valence-electron chi connectivity index (χ4n) is 2.22. The molecule has 2 amide bonds. The number of carbonyl (C=O) groups is 2. The second kappa shape index (κ2) is 10.1. The minimum Gasteiger partial charge on any atom is -0.496 e. The van der Waals surface area contributed by atoms with Crippen molar-refractivity contribution in [3.63, 3.8) is 0 Å². The lowest BCUT2D eigenvalue weighted by atomic mass is 10.2. The van der Waals surface area contributed by atoms with Crippen molar-refractivity contribution >= 4 is 39.5 Å². The van der Waals surface area contributed by atoms with Crippen LogP contribution in [0.2, 0.25) is 5.02 Å². The van der Waals surface area contributed by atoms with Gasteiger partial charge in [0.2, 0.25) is 10.0 Å². The SMILES string of the molecule is COc1ccc(Cl)cc1C(=O)NNC(=O)C(C)NS(=O)(=O)/C=C/c1ccccc1. The number of amides is 2. The van der Waals surface area contributed by atoms with Crippen molar-refractivity contribution in [2.24, 2.45) is 0 Å². The van der Waals surface area contributed by atoms with E-state index in [1.807, 2.05) is 6.07 Å². The molecule has 2 aromatic rings. The van der Waals surface area contributed by atoms with Crippen LogP contribution in [0.1, 0.15) is 22.8 Å². The highest BCUT2D eigenvalue weighted by molar-refractivity contribution is 7.92. The molecule has 2 rings (SSSR count). The maximum Gasteiger partial charge on any atom is 0.273 e. The van der Waals surface area contributed by atoms with Gasteiger partial charge in [-0.05, 0) is 36.8 Å². The molecule has 1 unspecified atom stereocenters. The normalized spacial score (nSPS) is 12.4. The largest absolute Gasteiger partial charge is 0.496 e. The van der Waals surface area contributed by atoms with Crippen LogP contribution in [0.5, 0.6) is 5.75 Å². The van der Waals surface area contributed by atoms with Gasteiger partial charge < -0.3 is 4.74 Å². The van der Waals surface area contributed by atoms with Crippen molar-refractivity contribution in [3.05, 3.63) is 70.1 Å². The van der Waals surface area contributed by atoms with E-state index in [0.29, 0.717) is 10.6 Å². The molecule has 0 saturated carbocycles. The zero-order valence-corrected chi connectivity index (χ0v) is 17.3. The quantitative estimate of drug-likeness (QED) is 0.574. The van der Waals surface area contributed by atoms with E-state index < -0.39 is 27.9 Å². The number of benzene rings is 2. The van der Waals surface area contributed by atoms with E-state index in [0.717, 1.165) is 5.41 Å². The fraction of sp³-hybridized carbons (Fsp3) is 0.158. The first-order valence-corrected chi connectivity index (χ1v) is 10.3. The number of hydrogen-bond donors (Lipinski definition) is 3. The molecule has 0 aromatic heterocycles. The number of methoxy groups -OCH3 is 1. The number of hydrazine groups is 1. The van der Waals surface area contributed by atoms with Crippen molar-refractivity contribution in [3.8, 4) is 5.75 Å². The number of sulfonamides is 1. The summed E-state index contributed by atoms with van der Waals surface area (Å²) in [5.74, 6) is -1.16. The third kappa shape index (κ3) is 6.90. The summed E-state index contributed by atoms with van der Waals surface area (Å²) < 4.78 is 31.5. The number of hydrogen-bond acceptors (Lipinski definition) is 5. The lowest BCUT2D eigenvalue weighted by Gasteiger charge is -2.14. The van der Waals surface area contributed by atoms with Crippen LogP contribution in [0.25, 0.3) is 6.08 Å². The summed E-state index contributed by atoms with van der Waals surface area (Å²) in [6.07, 6.45) is 1.40. The summed E-state index contributed by atoms with van der Waals surface area (Å²) >= 11 is 5.87. The molecule has 0 radical (unpaired) electrons. The molecule has 1 atom stereocenters. The van der Waals surface area contributed by atoms with Gasteiger partial charge in [0.25, 0.3) is 11.8 Å². The van der Waals surface area contributed by atoms with Crippen molar-refractivity contribution in [2.75, 3.05) is 7.11 Å². The predicted octanol–water partition coefficient (Wildman–Crippen LogP) is 2.09. The van der Waals surface area contributed by atoms with E-state index in [4.69, 9.17) is 16.3 Å². The minimum absolute atomic E-state index is 0.110. The monoisotopic (exact) mass is 437 g/mol. The average Bonchev–Trinajstić information content (AvgIpc) is 2.70. The Labute approximate surface area is 173 Å². The van der Waals surface area contributed by atoms with Crippen LogP contribution in [0.15, 0.2) is 53.9 Å². The van der Waals surface area contributed by atoms with Crippen LogP contribution >= 0.6 is 11.6 Å². The van der Waals surface area contributed by atoms with Gasteiger partial charge in [-0.25, -0.2) is 8.42 Å². The Kier molecular flexibility index (Phi) is 7.77. The van der Waals surface area contributed by atoms with Crippen LogP contribution in [-0.4, -0.2) is 33.4 Å². The van der Waals surface area contributed by atoms with Gasteiger partial charge in [-0.1, -0.05) is 41.9 Å². The zero-order valence-electron chi connectivity index (χ0n) is 15.7. The summed E-state index contributed by atoms with van der Waals surface area (Å²) in [6, 6.07) is 12.1. The van der Waals surface area contributed by atoms with Crippen LogP contribution in [0.3, 0.4) is 0 Å². The first kappa shape index (κ1) is 22.4. The van der Waals surface area contributed by atoms with E-state index in [1.54, 1.807) is 30.3 Å². The van der Waals surface area contributed by atoms with Gasteiger partial charge >= 0.3 is 0 Å². The summed E-state index contributed by atoms with van der Waals surface area (Å²) in [7, 11) is -2.49. The molecule has 3 N–H and O–H groups in total. The zero-order chi connectivity index (χ0) is 21.4. The summed E-state index contributed by atoms with van der Waals surface area (Å²) in [5.41, 5.74) is 5.16. The van der Waals surface area contributed by atoms with Gasteiger partial charge in [-0.15, -0.1) is 0 Å². The van der Waals surface area contributed by atoms with E-state index >= 15 is 0 Å². The molecule has 2 aromatic carbocycles. The molecule has 0 aliphatic rings. The number of carbonyl (C=O) groups excluding carboxylic acids is 2. The highest BCUT2D eigenvalue weighted by Gasteiger charge is 2.20. The second-order valence-corrected chi connectivity index (χ2v) is 7.92. The first-order valence-electron chi connectivity index (χ1n) is 8.41. The highest BCUT2D eigenvalue weighted by Crippen LogP contribution is 2.22. The van der Waals surface area contributed by atoms with Gasteiger partial charge in [0, 0.05) is 10.4 Å². The molecule has 154 valence electrons. The molecule has 0 aliphatic carbocycles. The van der Waals surface area contributed by atoms with Gasteiger partial charge in [0.1, 0.15) is 5.75 Å². The molecule has 10 heteroatoms. The second-order valence-electron chi connectivity index (χ2n) is 5.89. The highest BCUT2D eigenvalue weighted by atomic mass is 35.5. The van der Waals surface area contributed by atoms with Crippen molar-refractivity contribution < 1.29 is 22.7 Å². The topological polar surface area (TPSA) is 114 Å². The molecule has 8 nitrogen and oxygen atoms in total. The molecule has 0 bridgehead atoms. The lowest BCUT2D eigenvalue weighted by molar-refractivity contribution is -0.123. The molecular weight excluding hydrogens is 418 g/mol. The standard InChI is InChI=1S/C19H20ClN3O5S/c1-13(23-29(26,27)11-10-14-6-4-3-5-7-14)18(24)21-22-19(25)16-12-15(20)8-9-17(16)28-2/h3-13,23H,1-2H3,(H,21,24)(H,22,25)/b11-10+. The van der Waals surface area contributed by atoms with Gasteiger partial charge in [0.05, 0.1) is 18.7 Å². The Morgan fingerprint density at radius 1 is 1.10 bits per heavy atom. The third-order valence-electron chi connectivity index (χ3n) is 3.68. The molecule has 0 heterocycles. The molecule has 0 spiro atoms. The predicted molar refractivity (Wildman–Crippen MR) is 111 cm³/mol. The molecule has 0 aliphatic heterocycles. The molecule has 0 saturated heterocycles. The number of halogens is 1. The van der Waals surface area contributed by atoms with Crippen LogP contribution < -0.4 is 20.3 Å². The van der Waals surface area contributed by atoms with E-state index in [2.05, 4.69) is 15.6 Å². The Morgan fingerprint density at radius 2 is 1.79 bits per heavy atom. The maximum atomic E-state index is 12.2. The van der Waals surface area contributed by atoms with E-state index in [1.165, 1.54) is 32.2 Å². The van der Waals surface area contributed by atoms with E-state index in [9.17, 15) is 18.0 Å². The Morgan fingerprint density at radius 3 is 2.45 bits per heavy atom. The average molecular weight is 438 g/mol. The molecular formula is C19H20ClN3O5S. The lowest BCUT2D eigenvalue weighted by Crippen LogP contribution is -2.50. The summed E-state index contributed by atoms with van der Waals surface area (Å²) in [5, 5.41) is 1.27. The molecule has 29 heavy (non-hydrogen) atoms. The Hall–Kier alpha value is -2.88. The van der Waals surface area contributed by atoms with Crippen LogP contribution in [-0.2, 0) is 14.8 Å². The smallest absolute Gasteiger partial charge is 0.273 e. The Bertz CT molecular complexity index is 1010. The van der Waals surface area contributed by atoms with Crippen LogP contribution in [0, 0.1) is 0 Å². The first-order chi connectivity index (χ1) is 13.7. The van der Waals surface area contributed by atoms with Crippen molar-refractivity contribution in [1.82, 2.24) is 15.6 Å². The van der Waals surface area contributed by atoms with E-state index in [-0.39, 0.29) is 11.3 Å². The summed E-state index contributed by atoms with van der Waals surface area (Å²) in [4.78, 5) is 24.4. The van der Waals surface area contributed by atoms with Crippen molar-refractivity contribution in [1.29, 1.82) is 0 Å². The Balaban J connectivity index is 1.94. The summed E-state index contributed by atoms with van der Waals surface area (Å²) in [6.45, 7) is 1.34. The number of nitrogens with one attached hydrogen (secondary N) is 3. The number of rotatable bonds is 7. The molecule has 0 fully saturated rings. The fourth-order valence-corrected chi connectivity index (χ4v) is 3.41. The van der Waals surface area contributed by atoms with Gasteiger partial charge in [0.15, 0.2) is 0 Å². The van der Waals surface area contributed by atoms with Gasteiger partial charge in [-0.3, -0.25) is 20.4 Å². The maximum absolute atomic E-state index is 12.2. The number of ether oxygens (including phenoxy) is 1.